The maximum atomic E-state index is 11.1. The van der Waals surface area contributed by atoms with Crippen molar-refractivity contribution in [3.05, 3.63) is 0 Å². The molecule has 4 unspecified atom stereocenters. The van der Waals surface area contributed by atoms with E-state index >= 15 is 0 Å². The fourth-order valence-corrected chi connectivity index (χ4v) is 2.54. The Balaban J connectivity index is 2.11. The highest BCUT2D eigenvalue weighted by Gasteiger charge is 2.22. The third-order valence-electron chi connectivity index (χ3n) is 3.39. The van der Waals surface area contributed by atoms with Crippen LogP contribution in [-0.4, -0.2) is 28.3 Å². The smallest absolute Gasteiger partial charge is 0.0329 e. The molecule has 0 spiro atoms. The van der Waals surface area contributed by atoms with Gasteiger partial charge in [0.15, 0.2) is 0 Å². The van der Waals surface area contributed by atoms with Gasteiger partial charge >= 0.3 is 0 Å². The second kappa shape index (κ2) is 5.86. The van der Waals surface area contributed by atoms with Crippen LogP contribution in [-0.2, 0) is 10.8 Å². The van der Waals surface area contributed by atoms with Gasteiger partial charge in [-0.1, -0.05) is 20.3 Å². The lowest BCUT2D eigenvalue weighted by Gasteiger charge is -2.18. The van der Waals surface area contributed by atoms with Gasteiger partial charge in [-0.2, -0.15) is 0 Å². The summed E-state index contributed by atoms with van der Waals surface area (Å²) in [5.74, 6) is 0.831. The number of hydrogen-bond donors (Lipinski definition) is 1. The minimum atomic E-state index is -0.662. The van der Waals surface area contributed by atoms with E-state index in [1.54, 1.807) is 6.26 Å². The summed E-state index contributed by atoms with van der Waals surface area (Å²) in [6, 6.07) is 0.715. The molecule has 0 aromatic heterocycles. The van der Waals surface area contributed by atoms with Crippen molar-refractivity contribution < 1.29 is 4.21 Å². The SMILES string of the molecule is CC1CCCC1NCCC(C)S(C)=O. The van der Waals surface area contributed by atoms with Gasteiger partial charge in [0.2, 0.25) is 0 Å². The lowest BCUT2D eigenvalue weighted by atomic mass is 10.1. The molecule has 0 radical (unpaired) electrons. The van der Waals surface area contributed by atoms with E-state index in [0.717, 1.165) is 18.9 Å². The molecule has 1 aliphatic rings. The molecule has 1 rings (SSSR count). The second-order valence-corrected chi connectivity index (χ2v) is 6.37. The van der Waals surface area contributed by atoms with Gasteiger partial charge in [0.05, 0.1) is 0 Å². The zero-order valence-electron chi connectivity index (χ0n) is 9.58. The molecule has 0 aromatic rings. The summed E-state index contributed by atoms with van der Waals surface area (Å²) in [6.07, 6.45) is 6.89. The predicted octanol–water partition coefficient (Wildman–Crippen LogP) is 1.92. The Bertz CT molecular complexity index is 196. The third-order valence-corrected chi connectivity index (χ3v) is 4.75. The van der Waals surface area contributed by atoms with Crippen LogP contribution in [0.25, 0.3) is 0 Å². The molecular weight excluding hydrogens is 194 g/mol. The van der Waals surface area contributed by atoms with Gasteiger partial charge in [-0.25, -0.2) is 0 Å². The fourth-order valence-electron chi connectivity index (χ4n) is 2.09. The lowest BCUT2D eigenvalue weighted by molar-refractivity contribution is 0.424. The zero-order valence-corrected chi connectivity index (χ0v) is 10.4. The summed E-state index contributed by atoms with van der Waals surface area (Å²) < 4.78 is 11.1. The Labute approximate surface area is 90.3 Å². The maximum Gasteiger partial charge on any atom is 0.0329 e. The van der Waals surface area contributed by atoms with Gasteiger partial charge in [-0.05, 0) is 31.7 Å². The van der Waals surface area contributed by atoms with Crippen LogP contribution < -0.4 is 5.32 Å². The quantitative estimate of drug-likeness (QED) is 0.762. The Kier molecular flexibility index (Phi) is 5.10. The van der Waals surface area contributed by atoms with Gasteiger partial charge in [0.25, 0.3) is 0 Å². The maximum absolute atomic E-state index is 11.1. The minimum Gasteiger partial charge on any atom is -0.314 e. The normalized spacial score (nSPS) is 31.6. The van der Waals surface area contributed by atoms with Crippen LogP contribution in [0.4, 0.5) is 0 Å². The van der Waals surface area contributed by atoms with Crippen molar-refractivity contribution in [3.8, 4) is 0 Å². The monoisotopic (exact) mass is 217 g/mol. The van der Waals surface area contributed by atoms with Crippen LogP contribution in [0.5, 0.6) is 0 Å². The first-order valence-electron chi connectivity index (χ1n) is 5.67. The van der Waals surface area contributed by atoms with Crippen molar-refractivity contribution >= 4 is 10.8 Å². The standard InChI is InChI=1S/C11H23NOS/c1-9-5-4-6-11(9)12-8-7-10(2)14(3)13/h9-12H,4-8H2,1-3H3. The summed E-state index contributed by atoms with van der Waals surface area (Å²) >= 11 is 0. The highest BCUT2D eigenvalue weighted by atomic mass is 32.2. The van der Waals surface area contributed by atoms with Gasteiger partial charge in [0.1, 0.15) is 0 Å². The first-order valence-corrected chi connectivity index (χ1v) is 7.29. The summed E-state index contributed by atoms with van der Waals surface area (Å²) in [7, 11) is -0.662. The Morgan fingerprint density at radius 1 is 1.50 bits per heavy atom. The van der Waals surface area contributed by atoms with Gasteiger partial charge in [-0.15, -0.1) is 0 Å². The fraction of sp³-hybridized carbons (Fsp3) is 1.00. The molecule has 0 bridgehead atoms. The van der Waals surface area contributed by atoms with E-state index in [2.05, 4.69) is 19.2 Å². The molecule has 3 heteroatoms. The molecule has 0 heterocycles. The number of hydrogen-bond acceptors (Lipinski definition) is 2. The Morgan fingerprint density at radius 2 is 2.21 bits per heavy atom. The minimum absolute atomic E-state index is 0.333. The summed E-state index contributed by atoms with van der Waals surface area (Å²) in [5, 5.41) is 3.92. The summed E-state index contributed by atoms with van der Waals surface area (Å²) in [6.45, 7) is 5.41. The topological polar surface area (TPSA) is 29.1 Å². The molecule has 0 aliphatic heterocycles. The van der Waals surface area contributed by atoms with Crippen molar-refractivity contribution in [2.45, 2.75) is 50.8 Å². The molecule has 0 aromatic carbocycles. The highest BCUT2D eigenvalue weighted by Crippen LogP contribution is 2.24. The van der Waals surface area contributed by atoms with Crippen LogP contribution in [0.3, 0.4) is 0 Å². The van der Waals surface area contributed by atoms with E-state index in [0.29, 0.717) is 11.3 Å². The predicted molar refractivity (Wildman–Crippen MR) is 63.0 cm³/mol. The van der Waals surface area contributed by atoms with Crippen molar-refractivity contribution in [3.63, 3.8) is 0 Å². The van der Waals surface area contributed by atoms with E-state index < -0.39 is 10.8 Å². The van der Waals surface area contributed by atoms with Crippen LogP contribution in [0.1, 0.15) is 39.5 Å². The number of rotatable bonds is 5. The first-order chi connectivity index (χ1) is 6.61. The van der Waals surface area contributed by atoms with E-state index in [4.69, 9.17) is 0 Å². The molecule has 0 saturated heterocycles. The lowest BCUT2D eigenvalue weighted by Crippen LogP contribution is -2.33. The molecular formula is C11H23NOS. The first kappa shape index (κ1) is 12.2. The van der Waals surface area contributed by atoms with Crippen molar-refractivity contribution in [1.82, 2.24) is 5.32 Å². The Morgan fingerprint density at radius 3 is 2.71 bits per heavy atom. The molecule has 1 fully saturated rings. The number of nitrogens with one attached hydrogen (secondary N) is 1. The van der Waals surface area contributed by atoms with Crippen molar-refractivity contribution in [2.24, 2.45) is 5.92 Å². The zero-order chi connectivity index (χ0) is 10.6. The van der Waals surface area contributed by atoms with Crippen molar-refractivity contribution in [1.29, 1.82) is 0 Å². The van der Waals surface area contributed by atoms with Crippen LogP contribution >= 0.6 is 0 Å². The molecule has 14 heavy (non-hydrogen) atoms. The van der Waals surface area contributed by atoms with E-state index in [9.17, 15) is 4.21 Å². The molecule has 84 valence electrons. The molecule has 1 aliphatic carbocycles. The highest BCUT2D eigenvalue weighted by molar-refractivity contribution is 7.84. The summed E-state index contributed by atoms with van der Waals surface area (Å²) in [5.41, 5.74) is 0. The molecule has 2 nitrogen and oxygen atoms in total. The Hall–Kier alpha value is 0.110. The van der Waals surface area contributed by atoms with E-state index in [1.807, 2.05) is 0 Å². The average molecular weight is 217 g/mol. The molecule has 4 atom stereocenters. The molecule has 0 amide bonds. The van der Waals surface area contributed by atoms with E-state index in [1.165, 1.54) is 19.3 Å². The molecule has 1 N–H and O–H groups in total. The van der Waals surface area contributed by atoms with Gasteiger partial charge in [0, 0.05) is 28.3 Å². The van der Waals surface area contributed by atoms with Gasteiger partial charge in [-0.3, -0.25) is 4.21 Å². The van der Waals surface area contributed by atoms with Crippen LogP contribution in [0.15, 0.2) is 0 Å². The average Bonchev–Trinajstić information content (AvgIpc) is 2.51. The summed E-state index contributed by atoms with van der Waals surface area (Å²) in [4.78, 5) is 0. The van der Waals surface area contributed by atoms with Crippen molar-refractivity contribution in [2.75, 3.05) is 12.8 Å². The third kappa shape index (κ3) is 3.70. The molecule has 1 saturated carbocycles. The largest absolute Gasteiger partial charge is 0.314 e. The van der Waals surface area contributed by atoms with Gasteiger partial charge < -0.3 is 5.32 Å². The van der Waals surface area contributed by atoms with Crippen LogP contribution in [0, 0.1) is 5.92 Å². The van der Waals surface area contributed by atoms with Crippen LogP contribution in [0.2, 0.25) is 0 Å². The van der Waals surface area contributed by atoms with E-state index in [-0.39, 0.29) is 0 Å². The second-order valence-electron chi connectivity index (χ2n) is 4.57.